The summed E-state index contributed by atoms with van der Waals surface area (Å²) in [5, 5.41) is 8.40. The summed E-state index contributed by atoms with van der Waals surface area (Å²) in [5.41, 5.74) is 3.79. The second-order valence-corrected chi connectivity index (χ2v) is 6.96. The van der Waals surface area contributed by atoms with E-state index in [1.807, 2.05) is 48.9 Å². The lowest BCUT2D eigenvalue weighted by Gasteiger charge is -2.14. The third-order valence-corrected chi connectivity index (χ3v) is 4.98. The Hall–Kier alpha value is -2.30. The molecular formula is C20H19Cl2N3O. The van der Waals surface area contributed by atoms with Gasteiger partial charge in [0.2, 0.25) is 5.91 Å². The Bertz CT molecular complexity index is 922. The van der Waals surface area contributed by atoms with Crippen LogP contribution >= 0.6 is 23.2 Å². The van der Waals surface area contributed by atoms with Crippen LogP contribution in [0.2, 0.25) is 10.0 Å². The molecule has 1 atom stereocenters. The summed E-state index contributed by atoms with van der Waals surface area (Å²) in [6.45, 7) is 3.95. The van der Waals surface area contributed by atoms with Crippen LogP contribution in [0.15, 0.2) is 54.7 Å². The fourth-order valence-corrected chi connectivity index (χ4v) is 3.20. The zero-order valence-corrected chi connectivity index (χ0v) is 16.1. The third kappa shape index (κ3) is 4.09. The van der Waals surface area contributed by atoms with Crippen molar-refractivity contribution in [3.8, 4) is 5.69 Å². The molecule has 0 radical (unpaired) electrons. The van der Waals surface area contributed by atoms with Crippen molar-refractivity contribution >= 4 is 29.1 Å². The van der Waals surface area contributed by atoms with Gasteiger partial charge in [-0.3, -0.25) is 4.79 Å². The summed E-state index contributed by atoms with van der Waals surface area (Å²) in [6.07, 6.45) is 2.04. The van der Waals surface area contributed by atoms with Gasteiger partial charge in [0.05, 0.1) is 34.4 Å². The number of halogens is 2. The van der Waals surface area contributed by atoms with Gasteiger partial charge < -0.3 is 5.32 Å². The molecule has 26 heavy (non-hydrogen) atoms. The average Bonchev–Trinajstić information content (AvgIpc) is 3.00. The molecule has 0 aliphatic rings. The largest absolute Gasteiger partial charge is 0.349 e. The van der Waals surface area contributed by atoms with Gasteiger partial charge >= 0.3 is 0 Å². The topological polar surface area (TPSA) is 46.9 Å². The minimum Gasteiger partial charge on any atom is -0.349 e. The van der Waals surface area contributed by atoms with E-state index in [9.17, 15) is 4.79 Å². The van der Waals surface area contributed by atoms with E-state index in [-0.39, 0.29) is 18.4 Å². The van der Waals surface area contributed by atoms with Crippen LogP contribution < -0.4 is 5.32 Å². The maximum absolute atomic E-state index is 12.4. The molecule has 1 N–H and O–H groups in total. The fourth-order valence-electron chi connectivity index (χ4n) is 2.88. The highest BCUT2D eigenvalue weighted by molar-refractivity contribution is 6.42. The van der Waals surface area contributed by atoms with E-state index in [0.29, 0.717) is 10.0 Å². The Labute approximate surface area is 162 Å². The highest BCUT2D eigenvalue weighted by atomic mass is 35.5. The predicted molar refractivity (Wildman–Crippen MR) is 105 cm³/mol. The molecule has 1 aromatic heterocycles. The van der Waals surface area contributed by atoms with Gasteiger partial charge in [-0.05, 0) is 43.7 Å². The van der Waals surface area contributed by atoms with E-state index in [1.54, 1.807) is 24.4 Å². The van der Waals surface area contributed by atoms with Crippen molar-refractivity contribution in [1.29, 1.82) is 0 Å². The van der Waals surface area contributed by atoms with Gasteiger partial charge in [-0.15, -0.1) is 0 Å². The number of para-hydroxylation sites is 1. The molecule has 6 heteroatoms. The maximum atomic E-state index is 12.4. The van der Waals surface area contributed by atoms with Crippen molar-refractivity contribution in [1.82, 2.24) is 15.1 Å². The third-order valence-electron chi connectivity index (χ3n) is 4.24. The molecule has 0 spiro atoms. The number of nitrogens with one attached hydrogen (secondary N) is 1. The van der Waals surface area contributed by atoms with Crippen LogP contribution in [0.4, 0.5) is 0 Å². The second-order valence-electron chi connectivity index (χ2n) is 6.15. The summed E-state index contributed by atoms with van der Waals surface area (Å²) >= 11 is 11.9. The smallest absolute Gasteiger partial charge is 0.224 e. The molecule has 3 rings (SSSR count). The molecule has 0 bridgehead atoms. The number of amides is 1. The molecular weight excluding hydrogens is 369 g/mol. The Morgan fingerprint density at radius 2 is 1.88 bits per heavy atom. The van der Waals surface area contributed by atoms with Crippen LogP contribution in [-0.2, 0) is 11.2 Å². The fraction of sp³-hybridized carbons (Fsp3) is 0.200. The molecule has 2 aromatic carbocycles. The lowest BCUT2D eigenvalue weighted by molar-refractivity contribution is -0.121. The first-order valence-electron chi connectivity index (χ1n) is 8.29. The number of benzene rings is 2. The van der Waals surface area contributed by atoms with Crippen molar-refractivity contribution < 1.29 is 4.79 Å². The van der Waals surface area contributed by atoms with Crippen molar-refractivity contribution in [2.24, 2.45) is 0 Å². The van der Waals surface area contributed by atoms with Gasteiger partial charge in [0.15, 0.2) is 0 Å². The van der Waals surface area contributed by atoms with Gasteiger partial charge in [-0.1, -0.05) is 47.5 Å². The molecule has 0 fully saturated rings. The molecule has 3 aromatic rings. The molecule has 0 saturated carbocycles. The SMILES string of the molecule is Cc1c(C(C)NC(=O)Cc2ccc(Cl)c(Cl)c2)cnn1-c1ccccc1. The number of carbonyl (C=O) groups excluding carboxylic acids is 1. The summed E-state index contributed by atoms with van der Waals surface area (Å²) in [5.74, 6) is -0.0808. The summed E-state index contributed by atoms with van der Waals surface area (Å²) in [4.78, 5) is 12.4. The quantitative estimate of drug-likeness (QED) is 0.675. The van der Waals surface area contributed by atoms with E-state index >= 15 is 0 Å². The second kappa shape index (κ2) is 7.94. The Kier molecular flexibility index (Phi) is 5.64. The van der Waals surface area contributed by atoms with Gasteiger partial charge in [-0.25, -0.2) is 4.68 Å². The van der Waals surface area contributed by atoms with Gasteiger partial charge in [0.25, 0.3) is 0 Å². The molecule has 0 aliphatic carbocycles. The Morgan fingerprint density at radius 1 is 1.15 bits per heavy atom. The highest BCUT2D eigenvalue weighted by Crippen LogP contribution is 2.23. The van der Waals surface area contributed by atoms with Gasteiger partial charge in [-0.2, -0.15) is 5.10 Å². The van der Waals surface area contributed by atoms with E-state index in [1.165, 1.54) is 0 Å². The normalized spacial score (nSPS) is 12.0. The van der Waals surface area contributed by atoms with Crippen LogP contribution in [0.5, 0.6) is 0 Å². The zero-order valence-electron chi connectivity index (χ0n) is 14.5. The Balaban J connectivity index is 1.70. The van der Waals surface area contributed by atoms with Crippen LogP contribution in [0.1, 0.15) is 29.8 Å². The highest BCUT2D eigenvalue weighted by Gasteiger charge is 2.16. The summed E-state index contributed by atoms with van der Waals surface area (Å²) in [6, 6.07) is 15.0. The summed E-state index contributed by atoms with van der Waals surface area (Å²) in [7, 11) is 0. The zero-order chi connectivity index (χ0) is 18.7. The van der Waals surface area contributed by atoms with E-state index in [0.717, 1.165) is 22.5 Å². The van der Waals surface area contributed by atoms with Crippen molar-refractivity contribution in [2.45, 2.75) is 26.3 Å². The molecule has 0 aliphatic heterocycles. The van der Waals surface area contributed by atoms with E-state index in [4.69, 9.17) is 23.2 Å². The average molecular weight is 388 g/mol. The predicted octanol–water partition coefficient (Wildman–Crippen LogP) is 4.91. The van der Waals surface area contributed by atoms with Gasteiger partial charge in [0.1, 0.15) is 0 Å². The lowest BCUT2D eigenvalue weighted by atomic mass is 10.1. The van der Waals surface area contributed by atoms with Crippen LogP contribution in [0.25, 0.3) is 5.69 Å². The molecule has 4 nitrogen and oxygen atoms in total. The monoisotopic (exact) mass is 387 g/mol. The van der Waals surface area contributed by atoms with Crippen LogP contribution in [0.3, 0.4) is 0 Å². The molecule has 0 saturated heterocycles. The van der Waals surface area contributed by atoms with Crippen LogP contribution in [0, 0.1) is 6.92 Å². The van der Waals surface area contributed by atoms with Crippen LogP contribution in [-0.4, -0.2) is 15.7 Å². The minimum atomic E-state index is -0.150. The van der Waals surface area contributed by atoms with E-state index < -0.39 is 0 Å². The maximum Gasteiger partial charge on any atom is 0.224 e. The summed E-state index contributed by atoms with van der Waals surface area (Å²) < 4.78 is 1.87. The van der Waals surface area contributed by atoms with Crippen molar-refractivity contribution in [2.75, 3.05) is 0 Å². The number of nitrogens with zero attached hydrogens (tertiary/aromatic N) is 2. The van der Waals surface area contributed by atoms with Crippen molar-refractivity contribution in [3.05, 3.63) is 81.6 Å². The standard InChI is InChI=1S/C20H19Cl2N3O/c1-13(24-20(26)11-15-8-9-18(21)19(22)10-15)17-12-23-25(14(17)2)16-6-4-3-5-7-16/h3-10,12-13H,11H2,1-2H3,(H,24,26). The number of rotatable bonds is 5. The first kappa shape index (κ1) is 18.5. The number of carbonyl (C=O) groups is 1. The lowest BCUT2D eigenvalue weighted by Crippen LogP contribution is -2.28. The number of aromatic nitrogens is 2. The Morgan fingerprint density at radius 3 is 2.58 bits per heavy atom. The number of hydrogen-bond donors (Lipinski definition) is 1. The van der Waals surface area contributed by atoms with E-state index in [2.05, 4.69) is 10.4 Å². The molecule has 1 amide bonds. The molecule has 1 heterocycles. The van der Waals surface area contributed by atoms with Gasteiger partial charge in [0, 0.05) is 11.3 Å². The number of hydrogen-bond acceptors (Lipinski definition) is 2. The molecule has 1 unspecified atom stereocenters. The first-order chi connectivity index (χ1) is 12.5. The van der Waals surface area contributed by atoms with Crippen molar-refractivity contribution in [3.63, 3.8) is 0 Å². The molecule has 134 valence electrons. The first-order valence-corrected chi connectivity index (χ1v) is 9.04. The minimum absolute atomic E-state index is 0.0808.